The van der Waals surface area contributed by atoms with Crippen molar-refractivity contribution in [3.63, 3.8) is 0 Å². The molecule has 0 aliphatic carbocycles. The van der Waals surface area contributed by atoms with Crippen molar-refractivity contribution in [1.82, 2.24) is 0 Å². The maximum atomic E-state index is 2.81. The summed E-state index contributed by atoms with van der Waals surface area (Å²) in [5, 5.41) is 0. The molecular weight excluding hydrogens is 1000 g/mol. The second-order valence-corrected chi connectivity index (χ2v) is 34.5. The van der Waals surface area contributed by atoms with E-state index in [0.717, 1.165) is 19.8 Å². The molecule has 6 aromatic rings. The number of rotatable bonds is 10. The Morgan fingerprint density at radius 3 is 0.554 bits per heavy atom. The van der Waals surface area contributed by atoms with Crippen LogP contribution in [0.2, 0.25) is 0 Å². The number of aryl methyl sites for hydroxylation is 2. The molecule has 83 heavy (non-hydrogen) atoms. The molecule has 0 saturated carbocycles. The SMILES string of the molecule is Cc1cc(C(C)c2cc(C(C)(C)C)cc(C(C)(C)C)c2)c(N2CCN(c3c(C(C)c4cc(C(C)(C)C)cc(C(C)(C)C)c4)cc(C)cc3C(C)c3cc(C(C)(C)C)cc(C(C)(C)C)c3)C2)c(C(C)c2cc(C(C)(C)C)cc(C(C)(C)C)c2)c1. The van der Waals surface area contributed by atoms with Crippen molar-refractivity contribution in [1.29, 1.82) is 0 Å². The Bertz CT molecular complexity index is 2760. The Hall–Kier alpha value is -5.08. The summed E-state index contributed by atoms with van der Waals surface area (Å²) >= 11 is 0. The van der Waals surface area contributed by atoms with Gasteiger partial charge in [0.15, 0.2) is 0 Å². The summed E-state index contributed by atoms with van der Waals surface area (Å²) < 4.78 is 0. The first-order chi connectivity index (χ1) is 37.6. The molecule has 4 atom stereocenters. The Kier molecular flexibility index (Phi) is 17.9. The van der Waals surface area contributed by atoms with Gasteiger partial charge < -0.3 is 9.80 Å². The molecule has 1 fully saturated rings. The van der Waals surface area contributed by atoms with Crippen molar-refractivity contribution in [3.05, 3.63) is 197 Å². The van der Waals surface area contributed by atoms with Crippen molar-refractivity contribution in [2.75, 3.05) is 29.6 Å². The van der Waals surface area contributed by atoms with E-state index in [1.807, 2.05) is 0 Å². The van der Waals surface area contributed by atoms with Crippen LogP contribution in [0.15, 0.2) is 97.1 Å². The van der Waals surface area contributed by atoms with Gasteiger partial charge in [-0.05, 0) is 146 Å². The summed E-state index contributed by atoms with van der Waals surface area (Å²) in [5.41, 5.74) is 28.1. The molecule has 450 valence electrons. The highest BCUT2D eigenvalue weighted by molar-refractivity contribution is 5.72. The van der Waals surface area contributed by atoms with E-state index in [2.05, 4.69) is 315 Å². The normalized spacial score (nSPS) is 15.9. The Balaban J connectivity index is 1.54. The minimum atomic E-state index is 0.00556. The van der Waals surface area contributed by atoms with Gasteiger partial charge in [-0.3, -0.25) is 0 Å². The van der Waals surface area contributed by atoms with Crippen LogP contribution in [-0.4, -0.2) is 19.8 Å². The summed E-state index contributed by atoms with van der Waals surface area (Å²) in [5.74, 6) is 0.571. The standard InChI is InChI=1S/C81H116N2/c1-50-33-68(52(3)56-37-60(74(7,8)9)45-61(38-56)75(10,11)12)72(69(34-50)53(4)57-39-62(76(13,14)15)46-63(40-57)77(16,17)18)82-31-32-83(49-82)73-70(54(5)58-41-64(78(19,20)21)47-65(42-58)79(22,23)24)35-51(2)36-71(73)55(6)59-43-66(80(25,26)27)48-67(44-59)81(28,29)30/h33-48,52-55H,31-32,49H2,1-30H3. The quantitative estimate of drug-likeness (QED) is 0.135. The van der Waals surface area contributed by atoms with Crippen LogP contribution in [0.25, 0.3) is 0 Å². The largest absolute Gasteiger partial charge is 0.352 e. The maximum absolute atomic E-state index is 2.81. The molecule has 2 nitrogen and oxygen atoms in total. The van der Waals surface area contributed by atoms with Gasteiger partial charge in [-0.25, -0.2) is 0 Å². The van der Waals surface area contributed by atoms with Gasteiger partial charge in [0.25, 0.3) is 0 Å². The summed E-state index contributed by atoms with van der Waals surface area (Å²) in [6, 6.07) is 40.5. The molecule has 1 heterocycles. The number of hydrogen-bond acceptors (Lipinski definition) is 2. The zero-order valence-electron chi connectivity index (χ0n) is 58.6. The first kappa shape index (κ1) is 65.5. The average molecular weight is 1120 g/mol. The fraction of sp³-hybridized carbons (Fsp3) is 0.556. The number of benzene rings is 6. The van der Waals surface area contributed by atoms with Crippen LogP contribution in [-0.2, 0) is 43.3 Å². The van der Waals surface area contributed by atoms with Crippen LogP contribution >= 0.6 is 0 Å². The second-order valence-electron chi connectivity index (χ2n) is 34.5. The highest BCUT2D eigenvalue weighted by Crippen LogP contribution is 2.49. The molecular formula is C81H116N2. The molecule has 1 aliphatic rings. The summed E-state index contributed by atoms with van der Waals surface area (Å²) in [4.78, 5) is 5.62. The van der Waals surface area contributed by atoms with Gasteiger partial charge in [-0.2, -0.15) is 0 Å². The van der Waals surface area contributed by atoms with Crippen molar-refractivity contribution in [3.8, 4) is 0 Å². The monoisotopic (exact) mass is 1120 g/mol. The lowest BCUT2D eigenvalue weighted by Crippen LogP contribution is -2.29. The van der Waals surface area contributed by atoms with Crippen LogP contribution < -0.4 is 9.80 Å². The third-order valence-electron chi connectivity index (χ3n) is 18.9. The number of hydrogen-bond donors (Lipinski definition) is 0. The summed E-state index contributed by atoms with van der Waals surface area (Å²) in [6.45, 7) is 74.4. The molecule has 0 N–H and O–H groups in total. The van der Waals surface area contributed by atoms with Crippen LogP contribution in [0.3, 0.4) is 0 Å². The number of anilines is 2. The van der Waals surface area contributed by atoms with Gasteiger partial charge in [0.2, 0.25) is 0 Å². The Labute approximate surface area is 510 Å². The van der Waals surface area contributed by atoms with Crippen LogP contribution in [0.1, 0.15) is 318 Å². The molecule has 4 unspecified atom stereocenters. The molecule has 0 amide bonds. The predicted molar refractivity (Wildman–Crippen MR) is 367 cm³/mol. The molecule has 7 rings (SSSR count). The van der Waals surface area contributed by atoms with Gasteiger partial charge >= 0.3 is 0 Å². The van der Waals surface area contributed by atoms with E-state index in [-0.39, 0.29) is 67.0 Å². The van der Waals surface area contributed by atoms with Crippen molar-refractivity contribution in [2.45, 2.75) is 275 Å². The fourth-order valence-corrected chi connectivity index (χ4v) is 12.5. The van der Waals surface area contributed by atoms with Crippen LogP contribution in [0, 0.1) is 13.8 Å². The zero-order chi connectivity index (χ0) is 62.4. The number of nitrogens with zero attached hydrogens (tertiary/aromatic N) is 2. The molecule has 6 aromatic carbocycles. The third kappa shape index (κ3) is 14.6. The molecule has 0 spiro atoms. The molecule has 0 aromatic heterocycles. The zero-order valence-corrected chi connectivity index (χ0v) is 58.6. The fourth-order valence-electron chi connectivity index (χ4n) is 12.5. The summed E-state index contributed by atoms with van der Waals surface area (Å²) in [7, 11) is 0. The van der Waals surface area contributed by atoms with E-state index in [1.165, 1.54) is 112 Å². The molecule has 2 heteroatoms. The van der Waals surface area contributed by atoms with E-state index in [1.54, 1.807) is 0 Å². The summed E-state index contributed by atoms with van der Waals surface area (Å²) in [6.07, 6.45) is 0. The van der Waals surface area contributed by atoms with Gasteiger partial charge in [0, 0.05) is 48.1 Å². The first-order valence-corrected chi connectivity index (χ1v) is 32.1. The van der Waals surface area contributed by atoms with Gasteiger partial charge in [-0.15, -0.1) is 0 Å². The van der Waals surface area contributed by atoms with E-state index in [0.29, 0.717) is 0 Å². The van der Waals surface area contributed by atoms with Crippen LogP contribution in [0.4, 0.5) is 11.4 Å². The van der Waals surface area contributed by atoms with E-state index < -0.39 is 0 Å². The van der Waals surface area contributed by atoms with Gasteiger partial charge in [-0.1, -0.05) is 302 Å². The van der Waals surface area contributed by atoms with Crippen molar-refractivity contribution in [2.24, 2.45) is 0 Å². The molecule has 1 saturated heterocycles. The van der Waals surface area contributed by atoms with Gasteiger partial charge in [0.05, 0.1) is 6.67 Å². The molecule has 0 bridgehead atoms. The Morgan fingerprint density at radius 2 is 0.410 bits per heavy atom. The lowest BCUT2D eigenvalue weighted by molar-refractivity contribution is 0.565. The lowest BCUT2D eigenvalue weighted by Gasteiger charge is -2.35. The van der Waals surface area contributed by atoms with E-state index in [4.69, 9.17) is 0 Å². The van der Waals surface area contributed by atoms with Crippen molar-refractivity contribution >= 4 is 11.4 Å². The minimum absolute atomic E-state index is 0.00556. The van der Waals surface area contributed by atoms with Crippen LogP contribution in [0.5, 0.6) is 0 Å². The predicted octanol–water partition coefficient (Wildman–Crippen LogP) is 22.6. The Morgan fingerprint density at radius 1 is 0.253 bits per heavy atom. The third-order valence-corrected chi connectivity index (χ3v) is 18.9. The highest BCUT2D eigenvalue weighted by Gasteiger charge is 2.36. The van der Waals surface area contributed by atoms with E-state index >= 15 is 0 Å². The second kappa shape index (κ2) is 22.6. The smallest absolute Gasteiger partial charge is 0.0904 e. The molecule has 1 aliphatic heterocycles. The van der Waals surface area contributed by atoms with Crippen molar-refractivity contribution < 1.29 is 0 Å². The van der Waals surface area contributed by atoms with Gasteiger partial charge in [0.1, 0.15) is 0 Å². The first-order valence-electron chi connectivity index (χ1n) is 32.1. The minimum Gasteiger partial charge on any atom is -0.352 e. The topological polar surface area (TPSA) is 6.48 Å². The van der Waals surface area contributed by atoms with E-state index in [9.17, 15) is 0 Å². The highest BCUT2D eigenvalue weighted by atomic mass is 15.4. The molecule has 0 radical (unpaired) electrons. The average Bonchev–Trinajstić information content (AvgIpc) is 3.63. The maximum Gasteiger partial charge on any atom is 0.0904 e. The lowest BCUT2D eigenvalue weighted by atomic mass is 9.76.